The molecule has 3 aromatic heterocycles. The molecule has 0 bridgehead atoms. The minimum atomic E-state index is -0.167. The van der Waals surface area contributed by atoms with E-state index in [0.29, 0.717) is 21.9 Å². The van der Waals surface area contributed by atoms with Gasteiger partial charge in [-0.15, -0.1) is 11.3 Å². The number of aryl methyl sites for hydroxylation is 1. The lowest BCUT2D eigenvalue weighted by Crippen LogP contribution is -2.09. The van der Waals surface area contributed by atoms with Gasteiger partial charge in [-0.1, -0.05) is 30.3 Å². The molecule has 0 aliphatic carbocycles. The van der Waals surface area contributed by atoms with Crippen molar-refractivity contribution in [3.8, 4) is 22.8 Å². The third kappa shape index (κ3) is 1.94. The number of aromatic nitrogens is 5. The lowest BCUT2D eigenvalue weighted by Gasteiger charge is -2.01. The van der Waals surface area contributed by atoms with Crippen molar-refractivity contribution in [2.24, 2.45) is 0 Å². The molecule has 0 radical (unpaired) electrons. The van der Waals surface area contributed by atoms with Crippen LogP contribution in [0.15, 0.2) is 41.5 Å². The summed E-state index contributed by atoms with van der Waals surface area (Å²) < 4.78 is 0. The number of nitrogens with zero attached hydrogens (tertiary/aromatic N) is 3. The van der Waals surface area contributed by atoms with Crippen LogP contribution in [-0.2, 0) is 0 Å². The summed E-state index contributed by atoms with van der Waals surface area (Å²) in [7, 11) is 0. The van der Waals surface area contributed by atoms with E-state index < -0.39 is 0 Å². The zero-order valence-electron chi connectivity index (χ0n) is 11.6. The monoisotopic (exact) mass is 309 g/mol. The van der Waals surface area contributed by atoms with Crippen LogP contribution in [0.1, 0.15) is 4.88 Å². The summed E-state index contributed by atoms with van der Waals surface area (Å²) in [5, 5.41) is 7.12. The van der Waals surface area contributed by atoms with Gasteiger partial charge >= 0.3 is 0 Å². The van der Waals surface area contributed by atoms with Crippen LogP contribution >= 0.6 is 11.3 Å². The Bertz CT molecular complexity index is 1000. The summed E-state index contributed by atoms with van der Waals surface area (Å²) in [4.78, 5) is 25.6. The molecule has 4 aromatic rings. The molecule has 7 heteroatoms. The van der Waals surface area contributed by atoms with Crippen LogP contribution < -0.4 is 5.56 Å². The Morgan fingerprint density at radius 2 is 1.95 bits per heavy atom. The lowest BCUT2D eigenvalue weighted by atomic mass is 10.0. The van der Waals surface area contributed by atoms with Crippen molar-refractivity contribution in [2.75, 3.05) is 0 Å². The van der Waals surface area contributed by atoms with Crippen molar-refractivity contribution in [2.45, 2.75) is 6.92 Å². The molecule has 4 rings (SSSR count). The number of aromatic amines is 2. The molecule has 0 fully saturated rings. The second kappa shape index (κ2) is 4.88. The molecule has 0 saturated heterocycles. The Balaban J connectivity index is 2.02. The first-order valence-electron chi connectivity index (χ1n) is 6.68. The molecule has 22 heavy (non-hydrogen) atoms. The number of hydrogen-bond acceptors (Lipinski definition) is 5. The van der Waals surface area contributed by atoms with Crippen molar-refractivity contribution in [1.82, 2.24) is 25.1 Å². The van der Waals surface area contributed by atoms with E-state index in [4.69, 9.17) is 0 Å². The first-order valence-corrected chi connectivity index (χ1v) is 7.50. The van der Waals surface area contributed by atoms with E-state index in [1.165, 1.54) is 17.7 Å². The Morgan fingerprint density at radius 1 is 1.14 bits per heavy atom. The quantitative estimate of drug-likeness (QED) is 0.596. The van der Waals surface area contributed by atoms with E-state index in [1.54, 1.807) is 0 Å². The second-order valence-electron chi connectivity index (χ2n) is 4.83. The smallest absolute Gasteiger partial charge is 0.260 e. The number of H-pyrrole nitrogens is 2. The van der Waals surface area contributed by atoms with Crippen LogP contribution in [0.5, 0.6) is 0 Å². The van der Waals surface area contributed by atoms with E-state index in [0.717, 1.165) is 16.0 Å². The number of benzene rings is 1. The molecule has 0 spiro atoms. The van der Waals surface area contributed by atoms with Gasteiger partial charge in [-0.25, -0.2) is 9.97 Å². The van der Waals surface area contributed by atoms with Crippen LogP contribution in [0.2, 0.25) is 0 Å². The van der Waals surface area contributed by atoms with Crippen LogP contribution in [0, 0.1) is 6.92 Å². The third-order valence-corrected chi connectivity index (χ3v) is 4.44. The number of rotatable bonds is 2. The van der Waals surface area contributed by atoms with Gasteiger partial charge in [0.15, 0.2) is 11.6 Å². The Labute approximate surface area is 128 Å². The van der Waals surface area contributed by atoms with E-state index in [2.05, 4.69) is 25.1 Å². The molecule has 3 heterocycles. The van der Waals surface area contributed by atoms with E-state index in [9.17, 15) is 4.79 Å². The topological polar surface area (TPSA) is 87.3 Å². The molecule has 2 N–H and O–H groups in total. The summed E-state index contributed by atoms with van der Waals surface area (Å²) >= 11 is 1.51. The van der Waals surface area contributed by atoms with Crippen molar-refractivity contribution >= 4 is 21.6 Å². The molecule has 0 saturated carbocycles. The van der Waals surface area contributed by atoms with Crippen LogP contribution in [0.4, 0.5) is 0 Å². The Kier molecular flexibility index (Phi) is 2.87. The number of hydrogen-bond donors (Lipinski definition) is 2. The van der Waals surface area contributed by atoms with Gasteiger partial charge in [0.25, 0.3) is 5.56 Å². The molecule has 0 unspecified atom stereocenters. The first kappa shape index (κ1) is 12.9. The van der Waals surface area contributed by atoms with Gasteiger partial charge < -0.3 is 4.98 Å². The van der Waals surface area contributed by atoms with Crippen molar-refractivity contribution in [3.63, 3.8) is 0 Å². The maximum atomic E-state index is 12.6. The molecule has 1 aromatic carbocycles. The Hall–Kier alpha value is -2.80. The van der Waals surface area contributed by atoms with Gasteiger partial charge in [0.2, 0.25) is 0 Å². The maximum absolute atomic E-state index is 12.6. The summed E-state index contributed by atoms with van der Waals surface area (Å²) in [5.74, 6) is 0.849. The second-order valence-corrected chi connectivity index (χ2v) is 6.03. The molecule has 6 nitrogen and oxygen atoms in total. The largest absolute Gasteiger partial charge is 0.303 e. The van der Waals surface area contributed by atoms with Gasteiger partial charge in [0.05, 0.1) is 5.39 Å². The maximum Gasteiger partial charge on any atom is 0.260 e. The van der Waals surface area contributed by atoms with Crippen LogP contribution in [0.3, 0.4) is 0 Å². The van der Waals surface area contributed by atoms with E-state index in [1.807, 2.05) is 37.3 Å². The standard InChI is InChI=1S/C15H11N5OS/c1-8-10(9-5-3-2-4-6-9)11-14(21)18-13(19-15(11)22-8)12-16-7-17-20-12/h2-7H,1H3,(H,16,17,20)(H,18,19,21). The zero-order valence-corrected chi connectivity index (χ0v) is 12.4. The molecular formula is C15H11N5OS. The number of fused-ring (bicyclic) bond motifs is 1. The third-order valence-electron chi connectivity index (χ3n) is 3.44. The van der Waals surface area contributed by atoms with Crippen molar-refractivity contribution < 1.29 is 0 Å². The predicted molar refractivity (Wildman–Crippen MR) is 85.8 cm³/mol. The molecular weight excluding hydrogens is 298 g/mol. The lowest BCUT2D eigenvalue weighted by molar-refractivity contribution is 1.06. The SMILES string of the molecule is Cc1sc2nc(-c3ncn[nH]3)[nH]c(=O)c2c1-c1ccccc1. The van der Waals surface area contributed by atoms with Gasteiger partial charge in [0, 0.05) is 10.4 Å². The summed E-state index contributed by atoms with van der Waals surface area (Å²) in [6.07, 6.45) is 1.38. The molecule has 0 aliphatic rings. The molecule has 0 amide bonds. The van der Waals surface area contributed by atoms with Crippen molar-refractivity contribution in [1.29, 1.82) is 0 Å². The highest BCUT2D eigenvalue weighted by molar-refractivity contribution is 7.19. The average Bonchev–Trinajstić information content (AvgIpc) is 3.15. The van der Waals surface area contributed by atoms with Gasteiger partial charge in [0.1, 0.15) is 11.2 Å². The van der Waals surface area contributed by atoms with Crippen LogP contribution in [-0.4, -0.2) is 25.1 Å². The summed E-state index contributed by atoms with van der Waals surface area (Å²) in [6, 6.07) is 9.88. The van der Waals surface area contributed by atoms with Crippen LogP contribution in [0.25, 0.3) is 33.0 Å². The minimum Gasteiger partial charge on any atom is -0.303 e. The minimum absolute atomic E-state index is 0.167. The first-order chi connectivity index (χ1) is 10.7. The predicted octanol–water partition coefficient (Wildman–Crippen LogP) is 2.75. The van der Waals surface area contributed by atoms with E-state index >= 15 is 0 Å². The molecule has 108 valence electrons. The highest BCUT2D eigenvalue weighted by Gasteiger charge is 2.17. The average molecular weight is 309 g/mol. The normalized spacial score (nSPS) is 11.1. The fourth-order valence-electron chi connectivity index (χ4n) is 2.50. The molecule has 0 aliphatic heterocycles. The van der Waals surface area contributed by atoms with Gasteiger partial charge in [-0.05, 0) is 12.5 Å². The zero-order chi connectivity index (χ0) is 15.1. The fourth-order valence-corrected chi connectivity index (χ4v) is 3.55. The summed E-state index contributed by atoms with van der Waals surface area (Å²) in [6.45, 7) is 2.00. The Morgan fingerprint density at radius 3 is 2.68 bits per heavy atom. The van der Waals surface area contributed by atoms with Crippen molar-refractivity contribution in [3.05, 3.63) is 51.9 Å². The van der Waals surface area contributed by atoms with Gasteiger partial charge in [-0.2, -0.15) is 5.10 Å². The highest BCUT2D eigenvalue weighted by Crippen LogP contribution is 2.35. The van der Waals surface area contributed by atoms with Gasteiger partial charge in [-0.3, -0.25) is 9.89 Å². The molecule has 0 atom stereocenters. The fraction of sp³-hybridized carbons (Fsp3) is 0.0667. The highest BCUT2D eigenvalue weighted by atomic mass is 32.1. The number of thiophene rings is 1. The van der Waals surface area contributed by atoms with E-state index in [-0.39, 0.29) is 5.56 Å². The summed E-state index contributed by atoms with van der Waals surface area (Å²) in [5.41, 5.74) is 1.80. The number of nitrogens with one attached hydrogen (secondary N) is 2.